The van der Waals surface area contributed by atoms with E-state index in [9.17, 15) is 9.59 Å². The van der Waals surface area contributed by atoms with Gasteiger partial charge in [-0.1, -0.05) is 45.7 Å². The van der Waals surface area contributed by atoms with E-state index in [2.05, 4.69) is 61.7 Å². The molecule has 2 fully saturated rings. The highest BCUT2D eigenvalue weighted by atomic mass is 16.2. The fraction of sp³-hybridized carbons (Fsp3) is 0.588. The smallest absolute Gasteiger partial charge is 0.232 e. The Kier molecular flexibility index (Phi) is 6.35. The van der Waals surface area contributed by atoms with Crippen LogP contribution >= 0.6 is 0 Å². The first-order valence-electron chi connectivity index (χ1n) is 15.2. The fourth-order valence-electron chi connectivity index (χ4n) is 9.47. The van der Waals surface area contributed by atoms with E-state index in [1.54, 1.807) is 0 Å². The number of nitrogens with one attached hydrogen (secondary N) is 2. The van der Waals surface area contributed by atoms with Gasteiger partial charge in [-0.25, -0.2) is 0 Å². The molecule has 2 amide bonds. The maximum atomic E-state index is 14.2. The molecule has 0 saturated heterocycles. The quantitative estimate of drug-likeness (QED) is 0.314. The number of benzene rings is 2. The van der Waals surface area contributed by atoms with Crippen LogP contribution in [0, 0.1) is 22.7 Å². The summed E-state index contributed by atoms with van der Waals surface area (Å²) < 4.78 is 0. The fourth-order valence-corrected chi connectivity index (χ4v) is 9.47. The van der Waals surface area contributed by atoms with Gasteiger partial charge in [0.05, 0.1) is 10.8 Å². The average molecular weight is 528 g/mol. The van der Waals surface area contributed by atoms with Crippen molar-refractivity contribution in [3.05, 3.63) is 58.7 Å². The Bertz CT molecular complexity index is 1320. The molecule has 2 saturated carbocycles. The molecule has 39 heavy (non-hydrogen) atoms. The number of nitrogens with two attached hydrogens (primary N) is 1. The molecule has 2 aromatic carbocycles. The highest BCUT2D eigenvalue weighted by Gasteiger charge is 2.56. The number of carbonyl (C=O) groups excluding carboxylic acids is 2. The Morgan fingerprint density at radius 2 is 1.56 bits per heavy atom. The second-order valence-corrected chi connectivity index (χ2v) is 13.7. The van der Waals surface area contributed by atoms with Gasteiger partial charge >= 0.3 is 0 Å². The van der Waals surface area contributed by atoms with Crippen LogP contribution in [0.1, 0.15) is 100 Å². The number of amides is 2. The molecule has 208 valence electrons. The highest BCUT2D eigenvalue weighted by Crippen LogP contribution is 2.58. The van der Waals surface area contributed by atoms with Gasteiger partial charge in [-0.3, -0.25) is 14.9 Å². The van der Waals surface area contributed by atoms with Crippen LogP contribution in [0.15, 0.2) is 36.4 Å². The lowest BCUT2D eigenvalue weighted by molar-refractivity contribution is -0.149. The molecule has 0 bridgehead atoms. The van der Waals surface area contributed by atoms with Crippen molar-refractivity contribution >= 4 is 23.2 Å². The second-order valence-electron chi connectivity index (χ2n) is 13.7. The molecule has 0 spiro atoms. The zero-order valence-corrected chi connectivity index (χ0v) is 24.2. The number of anilines is 2. The second kappa shape index (κ2) is 9.38. The Labute approximate surface area is 233 Å². The summed E-state index contributed by atoms with van der Waals surface area (Å²) in [6.07, 6.45) is 9.77. The molecular weight excluding hydrogens is 482 g/mol. The Morgan fingerprint density at radius 1 is 0.846 bits per heavy atom. The summed E-state index contributed by atoms with van der Waals surface area (Å²) in [6, 6.07) is 13.0. The molecule has 6 rings (SSSR count). The first-order valence-corrected chi connectivity index (χ1v) is 15.2. The summed E-state index contributed by atoms with van der Waals surface area (Å²) in [5.74, 6) is 0.667. The van der Waals surface area contributed by atoms with E-state index in [1.807, 2.05) is 13.1 Å². The molecule has 0 aromatic heterocycles. The van der Waals surface area contributed by atoms with Crippen LogP contribution in [-0.2, 0) is 27.8 Å². The summed E-state index contributed by atoms with van der Waals surface area (Å²) in [4.78, 5) is 28.3. The molecular formula is C34H45N3O2. The minimum Gasteiger partial charge on any atom is -0.399 e. The topological polar surface area (TPSA) is 84.2 Å². The number of nitrogen functional groups attached to an aromatic ring is 1. The molecule has 6 atom stereocenters. The van der Waals surface area contributed by atoms with E-state index in [0.29, 0.717) is 5.92 Å². The summed E-state index contributed by atoms with van der Waals surface area (Å²) in [5.41, 5.74) is 12.4. The third-order valence-corrected chi connectivity index (χ3v) is 11.7. The lowest BCUT2D eigenvalue weighted by Crippen LogP contribution is -2.58. The van der Waals surface area contributed by atoms with Crippen LogP contribution in [0.4, 0.5) is 11.4 Å². The normalized spacial score (nSPS) is 35.0. The summed E-state index contributed by atoms with van der Waals surface area (Å²) in [7, 11) is 1.96. The van der Waals surface area contributed by atoms with Crippen molar-refractivity contribution in [1.29, 1.82) is 0 Å². The van der Waals surface area contributed by atoms with E-state index in [0.717, 1.165) is 75.6 Å². The monoisotopic (exact) mass is 527 g/mol. The molecule has 2 aromatic rings. The van der Waals surface area contributed by atoms with Gasteiger partial charge in [0.15, 0.2) is 0 Å². The van der Waals surface area contributed by atoms with Gasteiger partial charge in [0.1, 0.15) is 0 Å². The molecule has 0 aliphatic heterocycles. The van der Waals surface area contributed by atoms with Crippen molar-refractivity contribution in [1.82, 2.24) is 5.32 Å². The summed E-state index contributed by atoms with van der Waals surface area (Å²) >= 11 is 0. The number of carbonyl (C=O) groups is 2. The van der Waals surface area contributed by atoms with Crippen molar-refractivity contribution < 1.29 is 9.59 Å². The minimum absolute atomic E-state index is 0.0551. The van der Waals surface area contributed by atoms with Crippen molar-refractivity contribution in [2.75, 3.05) is 18.1 Å². The van der Waals surface area contributed by atoms with Crippen LogP contribution in [0.3, 0.4) is 0 Å². The lowest BCUT2D eigenvalue weighted by atomic mass is 9.49. The van der Waals surface area contributed by atoms with Crippen LogP contribution in [-0.4, -0.2) is 18.9 Å². The summed E-state index contributed by atoms with van der Waals surface area (Å²) in [5, 5.41) is 6.35. The predicted molar refractivity (Wildman–Crippen MR) is 158 cm³/mol. The highest BCUT2D eigenvalue weighted by molar-refractivity contribution is 6.00. The number of rotatable bonds is 3. The van der Waals surface area contributed by atoms with Crippen LogP contribution in [0.25, 0.3) is 0 Å². The third kappa shape index (κ3) is 4.02. The van der Waals surface area contributed by atoms with Gasteiger partial charge in [-0.15, -0.1) is 0 Å². The average Bonchev–Trinajstić information content (AvgIpc) is 2.92. The standard InChI is InChI=1S/C34H45N3O2/c1-32-17-6-18-34(3,29(32)15-11-22-9-13-24(36-4)20-28(22)32)31(39)37-30(38)33(2)16-5-7-25-26-19-23(35)12-8-21(26)10-14-27(25)33/h8-9,12-13,19-20,25,27,29,36H,5-7,10-11,14-18,35H2,1-4H3,(H,37,38,39)/t25?,27?,29?,32?,33?,34-/m0/s1. The van der Waals surface area contributed by atoms with Crippen molar-refractivity contribution in [3.63, 3.8) is 0 Å². The summed E-state index contributed by atoms with van der Waals surface area (Å²) in [6.45, 7) is 6.61. The van der Waals surface area contributed by atoms with E-state index < -0.39 is 10.8 Å². The Hall–Kier alpha value is -2.82. The van der Waals surface area contributed by atoms with Crippen molar-refractivity contribution in [2.24, 2.45) is 22.7 Å². The largest absolute Gasteiger partial charge is 0.399 e. The zero-order valence-electron chi connectivity index (χ0n) is 24.2. The molecule has 4 aliphatic rings. The molecule has 5 nitrogen and oxygen atoms in total. The zero-order chi connectivity index (χ0) is 27.6. The number of fused-ring (bicyclic) bond motifs is 6. The van der Waals surface area contributed by atoms with Gasteiger partial charge in [0.25, 0.3) is 0 Å². The van der Waals surface area contributed by atoms with Crippen LogP contribution in [0.5, 0.6) is 0 Å². The van der Waals surface area contributed by atoms with Gasteiger partial charge in [-0.05, 0) is 121 Å². The minimum atomic E-state index is -0.561. The number of aryl methyl sites for hydroxylation is 2. The molecule has 5 unspecified atom stereocenters. The maximum Gasteiger partial charge on any atom is 0.232 e. The van der Waals surface area contributed by atoms with Crippen molar-refractivity contribution in [3.8, 4) is 0 Å². The van der Waals surface area contributed by atoms with Gasteiger partial charge < -0.3 is 11.1 Å². The lowest BCUT2D eigenvalue weighted by Gasteiger charge is -2.55. The SMILES string of the molecule is CNc1ccc2c(c1)C1(C)CCC[C@](C)(C(=O)NC(=O)C3(C)CCCC4c5cc(N)ccc5CCC43)C1CC2. The van der Waals surface area contributed by atoms with E-state index in [1.165, 1.54) is 22.3 Å². The predicted octanol–water partition coefficient (Wildman–Crippen LogP) is 6.50. The van der Waals surface area contributed by atoms with E-state index >= 15 is 0 Å². The molecule has 0 heterocycles. The Morgan fingerprint density at radius 3 is 2.36 bits per heavy atom. The first kappa shape index (κ1) is 26.4. The number of imide groups is 1. The molecule has 5 heteroatoms. The molecule has 4 aliphatic carbocycles. The molecule has 4 N–H and O–H groups in total. The molecule has 0 radical (unpaired) electrons. The Balaban J connectivity index is 1.26. The van der Waals surface area contributed by atoms with Gasteiger partial charge in [0, 0.05) is 18.4 Å². The number of hydrogen-bond donors (Lipinski definition) is 3. The van der Waals surface area contributed by atoms with Gasteiger partial charge in [0.2, 0.25) is 11.8 Å². The maximum absolute atomic E-state index is 14.2. The van der Waals surface area contributed by atoms with E-state index in [-0.39, 0.29) is 29.1 Å². The third-order valence-electron chi connectivity index (χ3n) is 11.7. The number of hydrogen-bond acceptors (Lipinski definition) is 4. The first-order chi connectivity index (χ1) is 18.6. The van der Waals surface area contributed by atoms with Crippen molar-refractivity contribution in [2.45, 2.75) is 96.3 Å². The van der Waals surface area contributed by atoms with E-state index in [4.69, 9.17) is 5.73 Å². The van der Waals surface area contributed by atoms with Crippen LogP contribution < -0.4 is 16.4 Å². The van der Waals surface area contributed by atoms with Crippen LogP contribution in [0.2, 0.25) is 0 Å². The van der Waals surface area contributed by atoms with Gasteiger partial charge in [-0.2, -0.15) is 0 Å².